The van der Waals surface area contributed by atoms with Crippen molar-refractivity contribution in [1.29, 1.82) is 0 Å². The third-order valence-corrected chi connectivity index (χ3v) is 5.94. The molecule has 25 heavy (non-hydrogen) atoms. The zero-order valence-electron chi connectivity index (χ0n) is 16.0. The first-order chi connectivity index (χ1) is 11.7. The number of aliphatic imine (C=N–C) groups is 1. The van der Waals surface area contributed by atoms with E-state index in [2.05, 4.69) is 25.8 Å². The van der Waals surface area contributed by atoms with E-state index in [0.29, 0.717) is 36.2 Å². The Morgan fingerprint density at radius 1 is 1.36 bits per heavy atom. The summed E-state index contributed by atoms with van der Waals surface area (Å²) in [4.78, 5) is 33.3. The molecule has 0 aromatic carbocycles. The van der Waals surface area contributed by atoms with Gasteiger partial charge >= 0.3 is 0 Å². The normalized spacial score (nSPS) is 33.2. The minimum Gasteiger partial charge on any atom is -0.369 e. The molecule has 0 radical (unpaired) electrons. The Morgan fingerprint density at radius 3 is 2.48 bits per heavy atom. The van der Waals surface area contributed by atoms with Gasteiger partial charge in [0, 0.05) is 25.6 Å². The van der Waals surface area contributed by atoms with Crippen molar-refractivity contribution in [3.63, 3.8) is 0 Å². The van der Waals surface area contributed by atoms with Crippen molar-refractivity contribution >= 4 is 17.8 Å². The summed E-state index contributed by atoms with van der Waals surface area (Å²) in [5, 5.41) is 0. The van der Waals surface area contributed by atoms with E-state index in [4.69, 9.17) is 5.73 Å². The molecule has 6 nitrogen and oxygen atoms in total. The van der Waals surface area contributed by atoms with Gasteiger partial charge in [-0.3, -0.25) is 14.5 Å². The summed E-state index contributed by atoms with van der Waals surface area (Å²) >= 11 is 0. The fourth-order valence-corrected chi connectivity index (χ4v) is 4.35. The lowest BCUT2D eigenvalue weighted by atomic mass is 9.90. The number of piperidine rings is 1. The van der Waals surface area contributed by atoms with Gasteiger partial charge in [-0.1, -0.05) is 20.8 Å². The molecule has 140 valence electrons. The average Bonchev–Trinajstić information content (AvgIpc) is 3.23. The van der Waals surface area contributed by atoms with E-state index in [1.165, 1.54) is 0 Å². The van der Waals surface area contributed by atoms with Crippen LogP contribution in [0, 0.1) is 23.7 Å². The molecule has 6 heteroatoms. The van der Waals surface area contributed by atoms with E-state index in [1.54, 1.807) is 4.90 Å². The number of hydrogen-bond donors (Lipinski definition) is 1. The second kappa shape index (κ2) is 6.61. The van der Waals surface area contributed by atoms with Crippen molar-refractivity contribution in [2.24, 2.45) is 34.4 Å². The fraction of sp³-hybridized carbons (Fsp3) is 0.842. The largest absolute Gasteiger partial charge is 0.369 e. The number of hydrogen-bond acceptors (Lipinski definition) is 4. The molecular formula is C19H32N4O2. The Kier molecular flexibility index (Phi) is 4.82. The molecule has 0 spiro atoms. The number of nitrogens with two attached hydrogens (primary N) is 1. The lowest BCUT2D eigenvalue weighted by Crippen LogP contribution is -2.48. The van der Waals surface area contributed by atoms with E-state index >= 15 is 0 Å². The van der Waals surface area contributed by atoms with Gasteiger partial charge in [-0.2, -0.15) is 0 Å². The van der Waals surface area contributed by atoms with Crippen LogP contribution in [0.5, 0.6) is 0 Å². The van der Waals surface area contributed by atoms with Gasteiger partial charge in [-0.15, -0.1) is 0 Å². The van der Waals surface area contributed by atoms with Crippen LogP contribution in [0.25, 0.3) is 0 Å². The zero-order chi connectivity index (χ0) is 18.4. The minimum absolute atomic E-state index is 0.0315. The van der Waals surface area contributed by atoms with Gasteiger partial charge in [0.1, 0.15) is 5.54 Å². The first kappa shape index (κ1) is 18.2. The van der Waals surface area contributed by atoms with Gasteiger partial charge in [0.15, 0.2) is 5.96 Å². The molecule has 2 aliphatic heterocycles. The number of carbonyl (C=O) groups excluding carboxylic acids is 2. The van der Waals surface area contributed by atoms with E-state index in [9.17, 15) is 9.59 Å². The van der Waals surface area contributed by atoms with Crippen molar-refractivity contribution < 1.29 is 9.59 Å². The molecule has 2 N–H and O–H groups in total. The summed E-state index contributed by atoms with van der Waals surface area (Å²) in [5.74, 6) is 2.32. The minimum atomic E-state index is -0.711. The Hall–Kier alpha value is -1.59. The van der Waals surface area contributed by atoms with Gasteiger partial charge in [0.25, 0.3) is 5.91 Å². The molecule has 0 bridgehead atoms. The highest BCUT2D eigenvalue weighted by molar-refractivity contribution is 6.06. The standard InChI is InChI=1S/C19H32N4O2/c1-12(2)10-19(4)17(25)23(18(20)21-19)11-14-5-7-22(8-6-14)16(24)15-9-13(15)3/h12-15H,5-11H2,1-4H3,(H2,20,21)/t13-,15-,19?/m1/s1. The smallest absolute Gasteiger partial charge is 0.257 e. The van der Waals surface area contributed by atoms with Crippen LogP contribution in [-0.4, -0.2) is 52.7 Å². The van der Waals surface area contributed by atoms with E-state index in [0.717, 1.165) is 38.8 Å². The third-order valence-electron chi connectivity index (χ3n) is 5.94. The Morgan fingerprint density at radius 2 is 1.96 bits per heavy atom. The van der Waals surface area contributed by atoms with Crippen molar-refractivity contribution in [2.45, 2.75) is 58.9 Å². The molecule has 2 fully saturated rings. The molecule has 3 aliphatic rings. The number of rotatable bonds is 5. The molecule has 1 saturated carbocycles. The topological polar surface area (TPSA) is 79.0 Å². The molecule has 3 atom stereocenters. The van der Waals surface area contributed by atoms with Gasteiger partial charge in [-0.25, -0.2) is 4.99 Å². The van der Waals surface area contributed by atoms with Crippen molar-refractivity contribution in [3.05, 3.63) is 0 Å². The summed E-state index contributed by atoms with van der Waals surface area (Å²) in [6.45, 7) is 10.5. The van der Waals surface area contributed by atoms with Crippen LogP contribution in [-0.2, 0) is 9.59 Å². The quantitative estimate of drug-likeness (QED) is 0.823. The Labute approximate surface area is 150 Å². The number of guanidine groups is 1. The van der Waals surface area contributed by atoms with Crippen molar-refractivity contribution in [3.8, 4) is 0 Å². The van der Waals surface area contributed by atoms with Crippen LogP contribution in [0.4, 0.5) is 0 Å². The number of likely N-dealkylation sites (tertiary alicyclic amines) is 1. The Balaban J connectivity index is 1.53. The maximum atomic E-state index is 12.8. The number of nitrogens with zero attached hydrogens (tertiary/aromatic N) is 3. The molecule has 0 aromatic heterocycles. The number of amides is 2. The monoisotopic (exact) mass is 348 g/mol. The third kappa shape index (κ3) is 3.67. The molecule has 1 saturated heterocycles. The first-order valence-corrected chi connectivity index (χ1v) is 9.67. The fourth-order valence-electron chi connectivity index (χ4n) is 4.35. The maximum Gasteiger partial charge on any atom is 0.257 e. The second-order valence-electron chi connectivity index (χ2n) is 8.85. The molecule has 2 heterocycles. The summed E-state index contributed by atoms with van der Waals surface area (Å²) in [5.41, 5.74) is 5.36. The van der Waals surface area contributed by atoms with Crippen LogP contribution in [0.1, 0.15) is 53.4 Å². The lowest BCUT2D eigenvalue weighted by molar-refractivity contribution is -0.135. The van der Waals surface area contributed by atoms with Gasteiger partial charge in [0.05, 0.1) is 0 Å². The SMILES string of the molecule is CC(C)CC1(C)N=C(N)N(CC2CCN(C(=O)[C@@H]3C[C@H]3C)CC2)C1=O. The highest BCUT2D eigenvalue weighted by Gasteiger charge is 2.45. The highest BCUT2D eigenvalue weighted by Crippen LogP contribution is 2.40. The molecule has 2 amide bonds. The van der Waals surface area contributed by atoms with Crippen molar-refractivity contribution in [1.82, 2.24) is 9.80 Å². The van der Waals surface area contributed by atoms with Crippen LogP contribution >= 0.6 is 0 Å². The summed E-state index contributed by atoms with van der Waals surface area (Å²) in [7, 11) is 0. The highest BCUT2D eigenvalue weighted by atomic mass is 16.2. The molecule has 0 aromatic rings. The zero-order valence-corrected chi connectivity index (χ0v) is 16.0. The maximum absolute atomic E-state index is 12.8. The molecule has 1 aliphatic carbocycles. The van der Waals surface area contributed by atoms with Crippen LogP contribution < -0.4 is 5.73 Å². The number of carbonyl (C=O) groups is 2. The van der Waals surface area contributed by atoms with Gasteiger partial charge in [0.2, 0.25) is 5.91 Å². The predicted molar refractivity (Wildman–Crippen MR) is 97.8 cm³/mol. The predicted octanol–water partition coefficient (Wildman–Crippen LogP) is 1.84. The van der Waals surface area contributed by atoms with Crippen LogP contribution in [0.3, 0.4) is 0 Å². The van der Waals surface area contributed by atoms with E-state index in [-0.39, 0.29) is 11.8 Å². The van der Waals surface area contributed by atoms with Gasteiger partial charge < -0.3 is 10.6 Å². The molecule has 1 unspecified atom stereocenters. The van der Waals surface area contributed by atoms with Crippen molar-refractivity contribution in [2.75, 3.05) is 19.6 Å². The Bertz CT molecular complexity index is 580. The average molecular weight is 348 g/mol. The van der Waals surface area contributed by atoms with Crippen LogP contribution in [0.2, 0.25) is 0 Å². The molecule has 3 rings (SSSR count). The summed E-state index contributed by atoms with van der Waals surface area (Å²) in [6.07, 6.45) is 3.63. The molecular weight excluding hydrogens is 316 g/mol. The van der Waals surface area contributed by atoms with E-state index < -0.39 is 5.54 Å². The second-order valence-corrected chi connectivity index (χ2v) is 8.85. The summed E-state index contributed by atoms with van der Waals surface area (Å²) < 4.78 is 0. The lowest BCUT2D eigenvalue weighted by Gasteiger charge is -2.34. The van der Waals surface area contributed by atoms with Gasteiger partial charge in [-0.05, 0) is 50.4 Å². The van der Waals surface area contributed by atoms with Crippen LogP contribution in [0.15, 0.2) is 4.99 Å². The first-order valence-electron chi connectivity index (χ1n) is 9.67. The van der Waals surface area contributed by atoms with E-state index in [1.807, 2.05) is 11.8 Å². The summed E-state index contributed by atoms with van der Waals surface area (Å²) in [6, 6.07) is 0.